The number of nitrogens with zero attached hydrogens (tertiary/aromatic N) is 3. The molecule has 2 heterocycles. The maximum absolute atomic E-state index is 6.25. The Morgan fingerprint density at radius 1 is 1.21 bits per heavy atom. The molecular weight excluding hydrogens is 318 g/mol. The molecule has 1 aromatic carbocycles. The van der Waals surface area contributed by atoms with E-state index >= 15 is 0 Å². The van der Waals surface area contributed by atoms with Crippen molar-refractivity contribution < 1.29 is 0 Å². The van der Waals surface area contributed by atoms with Crippen molar-refractivity contribution in [3.63, 3.8) is 0 Å². The molecule has 0 amide bonds. The summed E-state index contributed by atoms with van der Waals surface area (Å²) in [6, 6.07) is 12.4. The van der Waals surface area contributed by atoms with E-state index in [1.54, 1.807) is 10.8 Å². The average Bonchev–Trinajstić information content (AvgIpc) is 3.08. The van der Waals surface area contributed by atoms with E-state index in [9.17, 15) is 0 Å². The summed E-state index contributed by atoms with van der Waals surface area (Å²) < 4.78 is 1.78. The Labute approximate surface area is 146 Å². The fourth-order valence-corrected chi connectivity index (χ4v) is 3.62. The Morgan fingerprint density at radius 3 is 2.96 bits per heavy atom. The second-order valence-electron chi connectivity index (χ2n) is 6.06. The minimum absolute atomic E-state index is 0.498. The van der Waals surface area contributed by atoms with Crippen molar-refractivity contribution in [1.29, 1.82) is 0 Å². The zero-order valence-corrected chi connectivity index (χ0v) is 14.2. The predicted molar refractivity (Wildman–Crippen MR) is 98.8 cm³/mol. The van der Waals surface area contributed by atoms with Gasteiger partial charge in [-0.3, -0.25) is 0 Å². The summed E-state index contributed by atoms with van der Waals surface area (Å²) >= 11 is 6.25. The van der Waals surface area contributed by atoms with Crippen LogP contribution >= 0.6 is 11.6 Å². The van der Waals surface area contributed by atoms with E-state index in [4.69, 9.17) is 11.6 Å². The zero-order chi connectivity index (χ0) is 16.5. The quantitative estimate of drug-likeness (QED) is 0.651. The SMILES string of the molecule is CCC1CC=CC(c2ccn3ncnc3c2)=C1c1cccc(Cl)c1. The number of halogens is 1. The van der Waals surface area contributed by atoms with Crippen molar-refractivity contribution in [3.8, 4) is 0 Å². The lowest BCUT2D eigenvalue weighted by molar-refractivity contribution is 0.654. The Hall–Kier alpha value is -2.39. The van der Waals surface area contributed by atoms with Gasteiger partial charge in [0.05, 0.1) is 0 Å². The maximum Gasteiger partial charge on any atom is 0.155 e. The summed E-state index contributed by atoms with van der Waals surface area (Å²) in [5, 5.41) is 4.95. The van der Waals surface area contributed by atoms with Crippen LogP contribution in [-0.4, -0.2) is 14.6 Å². The Balaban J connectivity index is 1.94. The summed E-state index contributed by atoms with van der Waals surface area (Å²) in [7, 11) is 0. The molecule has 0 radical (unpaired) electrons. The van der Waals surface area contributed by atoms with Gasteiger partial charge < -0.3 is 0 Å². The molecule has 4 rings (SSSR count). The van der Waals surface area contributed by atoms with Gasteiger partial charge in [-0.15, -0.1) is 0 Å². The molecule has 0 aliphatic heterocycles. The summed E-state index contributed by atoms with van der Waals surface area (Å²) in [5.41, 5.74) is 5.85. The van der Waals surface area contributed by atoms with Crippen LogP contribution < -0.4 is 0 Å². The van der Waals surface area contributed by atoms with E-state index in [0.717, 1.165) is 23.5 Å². The summed E-state index contributed by atoms with van der Waals surface area (Å²) in [4.78, 5) is 4.31. The number of hydrogen-bond donors (Lipinski definition) is 0. The van der Waals surface area contributed by atoms with E-state index in [-0.39, 0.29) is 0 Å². The van der Waals surface area contributed by atoms with Crippen LogP contribution in [0.2, 0.25) is 5.02 Å². The summed E-state index contributed by atoms with van der Waals surface area (Å²) in [6.45, 7) is 2.24. The highest BCUT2D eigenvalue weighted by molar-refractivity contribution is 6.30. The van der Waals surface area contributed by atoms with Gasteiger partial charge in [-0.25, -0.2) is 9.50 Å². The lowest BCUT2D eigenvalue weighted by atomic mass is 9.79. The Kier molecular flexibility index (Phi) is 3.95. The Morgan fingerprint density at radius 2 is 2.12 bits per heavy atom. The number of fused-ring (bicyclic) bond motifs is 1. The Bertz CT molecular complexity index is 952. The van der Waals surface area contributed by atoms with Crippen LogP contribution in [-0.2, 0) is 0 Å². The fraction of sp³-hybridized carbons (Fsp3) is 0.200. The molecule has 1 unspecified atom stereocenters. The average molecular weight is 336 g/mol. The van der Waals surface area contributed by atoms with Crippen molar-refractivity contribution in [1.82, 2.24) is 14.6 Å². The highest BCUT2D eigenvalue weighted by Crippen LogP contribution is 2.40. The molecule has 0 saturated carbocycles. The van der Waals surface area contributed by atoms with Gasteiger partial charge in [0.2, 0.25) is 0 Å². The first-order valence-corrected chi connectivity index (χ1v) is 8.60. The van der Waals surface area contributed by atoms with Gasteiger partial charge in [-0.1, -0.05) is 42.8 Å². The first-order valence-electron chi connectivity index (χ1n) is 8.22. The standard InChI is InChI=1S/C20H18ClN3/c1-2-14-5-4-8-18(20(14)16-6-3-7-17(21)11-16)15-9-10-24-19(12-15)22-13-23-24/h3-4,6-14H,2,5H2,1H3. The van der Waals surface area contributed by atoms with Gasteiger partial charge in [-0.05, 0) is 65.3 Å². The largest absolute Gasteiger partial charge is 0.221 e. The number of aromatic nitrogens is 3. The molecule has 3 aromatic rings. The van der Waals surface area contributed by atoms with E-state index in [0.29, 0.717) is 5.92 Å². The van der Waals surface area contributed by atoms with E-state index < -0.39 is 0 Å². The number of rotatable bonds is 3. The van der Waals surface area contributed by atoms with E-state index in [1.165, 1.54) is 22.3 Å². The van der Waals surface area contributed by atoms with Crippen LogP contribution in [0.15, 0.2) is 61.1 Å². The molecule has 0 saturated heterocycles. The predicted octanol–water partition coefficient (Wildman–Crippen LogP) is 5.28. The van der Waals surface area contributed by atoms with Crippen molar-refractivity contribution in [2.24, 2.45) is 5.92 Å². The van der Waals surface area contributed by atoms with Crippen LogP contribution in [0.3, 0.4) is 0 Å². The first kappa shape index (κ1) is 15.2. The second-order valence-corrected chi connectivity index (χ2v) is 6.50. The highest BCUT2D eigenvalue weighted by atomic mass is 35.5. The molecule has 1 aliphatic carbocycles. The van der Waals surface area contributed by atoms with Gasteiger partial charge in [0.1, 0.15) is 6.33 Å². The second kappa shape index (κ2) is 6.25. The van der Waals surface area contributed by atoms with Gasteiger partial charge in [-0.2, -0.15) is 5.10 Å². The third-order valence-electron chi connectivity index (χ3n) is 4.62. The fourth-order valence-electron chi connectivity index (χ4n) is 3.43. The molecule has 3 nitrogen and oxygen atoms in total. The smallest absolute Gasteiger partial charge is 0.155 e. The van der Waals surface area contributed by atoms with Crippen LogP contribution in [0.1, 0.15) is 30.9 Å². The number of allylic oxidation sites excluding steroid dienone is 4. The molecule has 0 fully saturated rings. The number of benzene rings is 1. The molecule has 24 heavy (non-hydrogen) atoms. The molecule has 0 bridgehead atoms. The molecule has 0 N–H and O–H groups in total. The molecule has 4 heteroatoms. The van der Waals surface area contributed by atoms with Crippen molar-refractivity contribution in [2.45, 2.75) is 19.8 Å². The molecule has 1 aliphatic rings. The summed E-state index contributed by atoms with van der Waals surface area (Å²) in [5.74, 6) is 0.498. The van der Waals surface area contributed by atoms with Gasteiger partial charge >= 0.3 is 0 Å². The van der Waals surface area contributed by atoms with E-state index in [1.807, 2.05) is 18.3 Å². The zero-order valence-electron chi connectivity index (χ0n) is 13.5. The normalized spacial score (nSPS) is 17.7. The topological polar surface area (TPSA) is 30.2 Å². The number of pyridine rings is 1. The molecular formula is C20H18ClN3. The lowest BCUT2D eigenvalue weighted by Gasteiger charge is -2.25. The van der Waals surface area contributed by atoms with Gasteiger partial charge in [0.25, 0.3) is 0 Å². The van der Waals surface area contributed by atoms with E-state index in [2.05, 4.69) is 53.4 Å². The molecule has 0 spiro atoms. The monoisotopic (exact) mass is 335 g/mol. The molecule has 2 aromatic heterocycles. The van der Waals surface area contributed by atoms with Crippen LogP contribution in [0.5, 0.6) is 0 Å². The van der Waals surface area contributed by atoms with Crippen LogP contribution in [0, 0.1) is 5.92 Å². The minimum atomic E-state index is 0.498. The summed E-state index contributed by atoms with van der Waals surface area (Å²) in [6.07, 6.45) is 10.2. The first-order chi connectivity index (χ1) is 11.8. The highest BCUT2D eigenvalue weighted by Gasteiger charge is 2.21. The van der Waals surface area contributed by atoms with Gasteiger partial charge in [0, 0.05) is 11.2 Å². The van der Waals surface area contributed by atoms with Gasteiger partial charge in [0.15, 0.2) is 5.65 Å². The number of hydrogen-bond acceptors (Lipinski definition) is 2. The third-order valence-corrected chi connectivity index (χ3v) is 4.86. The third kappa shape index (κ3) is 2.65. The maximum atomic E-state index is 6.25. The molecule has 1 atom stereocenters. The lowest BCUT2D eigenvalue weighted by Crippen LogP contribution is -2.08. The van der Waals surface area contributed by atoms with Crippen molar-refractivity contribution >= 4 is 28.4 Å². The van der Waals surface area contributed by atoms with Crippen LogP contribution in [0.25, 0.3) is 16.8 Å². The minimum Gasteiger partial charge on any atom is -0.221 e. The van der Waals surface area contributed by atoms with Crippen molar-refractivity contribution in [3.05, 3.63) is 77.2 Å². The van der Waals surface area contributed by atoms with Crippen LogP contribution in [0.4, 0.5) is 0 Å². The molecule has 120 valence electrons. The van der Waals surface area contributed by atoms with Crippen molar-refractivity contribution in [2.75, 3.05) is 0 Å².